The van der Waals surface area contributed by atoms with E-state index in [-0.39, 0.29) is 5.41 Å². The first-order valence-corrected chi connectivity index (χ1v) is 10.8. The third kappa shape index (κ3) is 2.52. The van der Waals surface area contributed by atoms with Gasteiger partial charge in [0, 0.05) is 25.9 Å². The van der Waals surface area contributed by atoms with Gasteiger partial charge in [-0.2, -0.15) is 9.29 Å². The van der Waals surface area contributed by atoms with Crippen molar-refractivity contribution in [3.63, 3.8) is 0 Å². The van der Waals surface area contributed by atoms with Crippen molar-refractivity contribution in [1.29, 1.82) is 0 Å². The summed E-state index contributed by atoms with van der Waals surface area (Å²) in [5.74, 6) is 1.71. The maximum absolute atomic E-state index is 13.1. The SMILES string of the molecule is Cc1nc(C2CC23CCN(S(=O)(=O)c2ccc4c(c2)CCC4)CC3)no1. The number of nitrogens with zero attached hydrogens (tertiary/aromatic N) is 3. The van der Waals surface area contributed by atoms with Gasteiger partial charge in [0.05, 0.1) is 4.90 Å². The summed E-state index contributed by atoms with van der Waals surface area (Å²) in [7, 11) is -3.40. The Balaban J connectivity index is 1.31. The van der Waals surface area contributed by atoms with Crippen LogP contribution in [0.25, 0.3) is 0 Å². The van der Waals surface area contributed by atoms with Gasteiger partial charge in [-0.1, -0.05) is 11.2 Å². The average molecular weight is 373 g/mol. The third-order valence-electron chi connectivity index (χ3n) is 6.47. The molecule has 2 heterocycles. The van der Waals surface area contributed by atoms with E-state index >= 15 is 0 Å². The highest BCUT2D eigenvalue weighted by Gasteiger charge is 2.58. The van der Waals surface area contributed by atoms with Crippen LogP contribution in [-0.4, -0.2) is 36.0 Å². The molecule has 3 aliphatic rings. The maximum Gasteiger partial charge on any atom is 0.243 e. The molecule has 1 saturated carbocycles. The van der Waals surface area contributed by atoms with Gasteiger partial charge in [-0.3, -0.25) is 0 Å². The van der Waals surface area contributed by atoms with Crippen LogP contribution >= 0.6 is 0 Å². The van der Waals surface area contributed by atoms with Gasteiger partial charge in [0.2, 0.25) is 15.9 Å². The van der Waals surface area contributed by atoms with Gasteiger partial charge < -0.3 is 4.52 Å². The number of aryl methyl sites for hydroxylation is 3. The molecular formula is C19H23N3O3S. The Kier molecular flexibility index (Phi) is 3.56. The number of hydrogen-bond acceptors (Lipinski definition) is 5. The van der Waals surface area contributed by atoms with Crippen molar-refractivity contribution in [2.75, 3.05) is 13.1 Å². The second-order valence-electron chi connectivity index (χ2n) is 7.98. The smallest absolute Gasteiger partial charge is 0.243 e. The van der Waals surface area contributed by atoms with Crippen LogP contribution in [0, 0.1) is 12.3 Å². The molecule has 1 atom stereocenters. The summed E-state index contributed by atoms with van der Waals surface area (Å²) in [6, 6.07) is 5.67. The number of aromatic nitrogens is 2. The number of benzene rings is 1. The molecule has 1 unspecified atom stereocenters. The summed E-state index contributed by atoms with van der Waals surface area (Å²) in [5.41, 5.74) is 2.67. The van der Waals surface area contributed by atoms with Crippen LogP contribution < -0.4 is 0 Å². The fourth-order valence-electron chi connectivity index (χ4n) is 4.75. The van der Waals surface area contributed by atoms with Crippen LogP contribution in [0.1, 0.15) is 54.4 Å². The summed E-state index contributed by atoms with van der Waals surface area (Å²) in [4.78, 5) is 4.82. The molecule has 1 aliphatic heterocycles. The van der Waals surface area contributed by atoms with Crippen LogP contribution in [0.3, 0.4) is 0 Å². The lowest BCUT2D eigenvalue weighted by atomic mass is 9.92. The fourth-order valence-corrected chi connectivity index (χ4v) is 6.24. The van der Waals surface area contributed by atoms with E-state index in [1.807, 2.05) is 12.1 Å². The van der Waals surface area contributed by atoms with E-state index in [0.717, 1.165) is 44.3 Å². The van der Waals surface area contributed by atoms with Crippen molar-refractivity contribution in [2.24, 2.45) is 5.41 Å². The number of sulfonamides is 1. The lowest BCUT2D eigenvalue weighted by Crippen LogP contribution is -2.39. The molecular weight excluding hydrogens is 350 g/mol. The average Bonchev–Trinajstić information content (AvgIpc) is 3.00. The molecule has 1 spiro atoms. The normalized spacial score (nSPS) is 24.7. The maximum atomic E-state index is 13.1. The molecule has 0 bridgehead atoms. The molecule has 0 amide bonds. The predicted molar refractivity (Wildman–Crippen MR) is 95.3 cm³/mol. The quantitative estimate of drug-likeness (QED) is 0.827. The monoisotopic (exact) mass is 373 g/mol. The Hall–Kier alpha value is -1.73. The first-order valence-electron chi connectivity index (χ1n) is 9.40. The van der Waals surface area contributed by atoms with Crippen molar-refractivity contribution in [3.05, 3.63) is 41.0 Å². The zero-order valence-corrected chi connectivity index (χ0v) is 15.8. The number of fused-ring (bicyclic) bond motifs is 1. The number of rotatable bonds is 3. The van der Waals surface area contributed by atoms with Crippen LogP contribution in [-0.2, 0) is 22.9 Å². The van der Waals surface area contributed by atoms with Crippen molar-refractivity contribution < 1.29 is 12.9 Å². The van der Waals surface area contributed by atoms with Crippen molar-refractivity contribution in [2.45, 2.75) is 56.3 Å². The van der Waals surface area contributed by atoms with E-state index in [1.54, 1.807) is 17.3 Å². The Labute approximate surface area is 153 Å². The van der Waals surface area contributed by atoms with Crippen molar-refractivity contribution in [3.8, 4) is 0 Å². The highest BCUT2D eigenvalue weighted by molar-refractivity contribution is 7.89. The van der Waals surface area contributed by atoms with E-state index < -0.39 is 10.0 Å². The van der Waals surface area contributed by atoms with Gasteiger partial charge in [-0.05, 0) is 67.2 Å². The van der Waals surface area contributed by atoms with Crippen LogP contribution in [0.15, 0.2) is 27.6 Å². The van der Waals surface area contributed by atoms with Gasteiger partial charge in [0.25, 0.3) is 0 Å². The minimum absolute atomic E-state index is 0.167. The van der Waals surface area contributed by atoms with Gasteiger partial charge in [-0.15, -0.1) is 0 Å². The standard InChI is InChI=1S/C19H23N3O3S/c1-13-20-18(21-25-13)17-12-19(17)7-9-22(10-8-19)26(23,24)16-6-5-14-3-2-4-15(14)11-16/h5-6,11,17H,2-4,7-10,12H2,1H3. The number of hydrogen-bond donors (Lipinski definition) is 0. The zero-order chi connectivity index (χ0) is 17.9. The summed E-state index contributed by atoms with van der Waals surface area (Å²) in [5, 5.41) is 4.06. The molecule has 5 rings (SSSR count). The molecule has 2 fully saturated rings. The minimum atomic E-state index is -3.40. The Bertz CT molecular complexity index is 958. The summed E-state index contributed by atoms with van der Waals surface area (Å²) >= 11 is 0. The lowest BCUT2D eigenvalue weighted by Gasteiger charge is -2.32. The molecule has 1 saturated heterocycles. The minimum Gasteiger partial charge on any atom is -0.340 e. The Morgan fingerprint density at radius 1 is 1.19 bits per heavy atom. The molecule has 6 nitrogen and oxygen atoms in total. The molecule has 2 aromatic rings. The summed E-state index contributed by atoms with van der Waals surface area (Å²) in [6.45, 7) is 2.96. The van der Waals surface area contributed by atoms with Gasteiger partial charge >= 0.3 is 0 Å². The second kappa shape index (κ2) is 5.63. The second-order valence-corrected chi connectivity index (χ2v) is 9.92. The zero-order valence-electron chi connectivity index (χ0n) is 14.9. The lowest BCUT2D eigenvalue weighted by molar-refractivity contribution is 0.249. The van der Waals surface area contributed by atoms with Gasteiger partial charge in [0.1, 0.15) is 0 Å². The molecule has 1 aromatic carbocycles. The Morgan fingerprint density at radius 3 is 2.69 bits per heavy atom. The highest BCUT2D eigenvalue weighted by Crippen LogP contribution is 2.64. The molecule has 138 valence electrons. The van der Waals surface area contributed by atoms with Crippen LogP contribution in [0.5, 0.6) is 0 Å². The van der Waals surface area contributed by atoms with E-state index in [4.69, 9.17) is 4.52 Å². The number of piperidine rings is 1. The summed E-state index contributed by atoms with van der Waals surface area (Å²) < 4.78 is 32.9. The van der Waals surface area contributed by atoms with E-state index in [9.17, 15) is 8.42 Å². The fraction of sp³-hybridized carbons (Fsp3) is 0.579. The molecule has 2 aliphatic carbocycles. The van der Waals surface area contributed by atoms with Crippen LogP contribution in [0.4, 0.5) is 0 Å². The van der Waals surface area contributed by atoms with E-state index in [2.05, 4.69) is 10.1 Å². The van der Waals surface area contributed by atoms with E-state index in [0.29, 0.717) is 29.8 Å². The molecule has 1 aromatic heterocycles. The van der Waals surface area contributed by atoms with Gasteiger partial charge in [-0.25, -0.2) is 8.42 Å². The largest absolute Gasteiger partial charge is 0.340 e. The Morgan fingerprint density at radius 2 is 1.96 bits per heavy atom. The van der Waals surface area contributed by atoms with Crippen LogP contribution in [0.2, 0.25) is 0 Å². The molecule has 0 N–H and O–H groups in total. The molecule has 7 heteroatoms. The van der Waals surface area contributed by atoms with E-state index in [1.165, 1.54) is 11.1 Å². The first-order chi connectivity index (χ1) is 12.5. The topological polar surface area (TPSA) is 76.3 Å². The van der Waals surface area contributed by atoms with Crippen molar-refractivity contribution in [1.82, 2.24) is 14.4 Å². The first kappa shape index (κ1) is 16.4. The predicted octanol–water partition coefficient (Wildman–Crippen LogP) is 2.83. The van der Waals surface area contributed by atoms with Gasteiger partial charge in [0.15, 0.2) is 5.82 Å². The highest BCUT2D eigenvalue weighted by atomic mass is 32.2. The summed E-state index contributed by atoms with van der Waals surface area (Å²) in [6.07, 6.45) is 5.97. The van der Waals surface area contributed by atoms with Crippen molar-refractivity contribution >= 4 is 10.0 Å². The molecule has 0 radical (unpaired) electrons. The molecule has 26 heavy (non-hydrogen) atoms. The third-order valence-corrected chi connectivity index (χ3v) is 8.37.